The van der Waals surface area contributed by atoms with E-state index >= 15 is 0 Å². The Labute approximate surface area is 159 Å². The molecule has 0 saturated carbocycles. The lowest BCUT2D eigenvalue weighted by atomic mass is 10.2. The number of amides is 1. The molecular formula is C21H26N2O4. The van der Waals surface area contributed by atoms with Crippen molar-refractivity contribution in [1.82, 2.24) is 9.88 Å². The Kier molecular flexibility index (Phi) is 6.65. The Morgan fingerprint density at radius 3 is 2.85 bits per heavy atom. The average Bonchev–Trinajstić information content (AvgIpc) is 3.17. The van der Waals surface area contributed by atoms with Gasteiger partial charge in [-0.25, -0.2) is 0 Å². The maximum Gasteiger partial charge on any atom is 0.260 e. The first kappa shape index (κ1) is 19.2. The number of ether oxygens (including phenoxy) is 2. The third-order valence-electron chi connectivity index (χ3n) is 4.59. The molecule has 1 aromatic carbocycles. The molecule has 1 aliphatic rings. The van der Waals surface area contributed by atoms with E-state index in [4.69, 9.17) is 14.6 Å². The third-order valence-corrected chi connectivity index (χ3v) is 4.59. The summed E-state index contributed by atoms with van der Waals surface area (Å²) in [4.78, 5) is 18.6. The molecule has 2 aromatic rings. The van der Waals surface area contributed by atoms with Crippen molar-refractivity contribution in [3.63, 3.8) is 0 Å². The average molecular weight is 370 g/mol. The predicted molar refractivity (Wildman–Crippen MR) is 102 cm³/mol. The first-order chi connectivity index (χ1) is 13.2. The number of carbonyl (C=O) groups is 1. The molecule has 1 unspecified atom stereocenters. The van der Waals surface area contributed by atoms with Crippen LogP contribution in [-0.2, 0) is 17.8 Å². The van der Waals surface area contributed by atoms with Crippen molar-refractivity contribution in [2.24, 2.45) is 0 Å². The molecule has 144 valence electrons. The summed E-state index contributed by atoms with van der Waals surface area (Å²) >= 11 is 0. The van der Waals surface area contributed by atoms with Crippen molar-refractivity contribution in [3.8, 4) is 11.5 Å². The smallest absolute Gasteiger partial charge is 0.260 e. The van der Waals surface area contributed by atoms with Gasteiger partial charge in [0.1, 0.15) is 17.6 Å². The zero-order chi connectivity index (χ0) is 19.1. The van der Waals surface area contributed by atoms with Gasteiger partial charge in [0.05, 0.1) is 18.8 Å². The molecule has 0 radical (unpaired) electrons. The summed E-state index contributed by atoms with van der Waals surface area (Å²) in [5.74, 6) is 1.39. The fraction of sp³-hybridized carbons (Fsp3) is 0.429. The SMILES string of the molecule is CCCc1ncccc1OC1CCN(C(=O)COc2ccc(CO)cc2)C1. The second kappa shape index (κ2) is 9.37. The maximum absolute atomic E-state index is 12.4. The van der Waals surface area contributed by atoms with E-state index in [0.29, 0.717) is 18.8 Å². The second-order valence-corrected chi connectivity index (χ2v) is 6.66. The highest BCUT2D eigenvalue weighted by molar-refractivity contribution is 5.78. The largest absolute Gasteiger partial charge is 0.487 e. The van der Waals surface area contributed by atoms with Gasteiger partial charge in [-0.1, -0.05) is 25.5 Å². The van der Waals surface area contributed by atoms with Gasteiger partial charge in [0.25, 0.3) is 5.91 Å². The topological polar surface area (TPSA) is 71.9 Å². The number of aliphatic hydroxyl groups is 1. The predicted octanol–water partition coefficient (Wildman–Crippen LogP) is 2.59. The summed E-state index contributed by atoms with van der Waals surface area (Å²) in [5.41, 5.74) is 1.78. The molecule has 0 bridgehead atoms. The van der Waals surface area contributed by atoms with Crippen molar-refractivity contribution in [2.45, 2.75) is 38.9 Å². The van der Waals surface area contributed by atoms with Gasteiger partial charge in [0.15, 0.2) is 6.61 Å². The third kappa shape index (κ3) is 5.20. The van der Waals surface area contributed by atoms with Gasteiger partial charge in [-0.05, 0) is 36.2 Å². The Morgan fingerprint density at radius 2 is 2.11 bits per heavy atom. The number of hydrogen-bond donors (Lipinski definition) is 1. The van der Waals surface area contributed by atoms with Gasteiger partial charge in [0, 0.05) is 19.2 Å². The molecule has 0 spiro atoms. The fourth-order valence-electron chi connectivity index (χ4n) is 3.11. The number of aliphatic hydroxyl groups excluding tert-OH is 1. The monoisotopic (exact) mass is 370 g/mol. The number of carbonyl (C=O) groups excluding carboxylic acids is 1. The van der Waals surface area contributed by atoms with Crippen LogP contribution in [0.4, 0.5) is 0 Å². The Balaban J connectivity index is 1.49. The zero-order valence-electron chi connectivity index (χ0n) is 15.6. The van der Waals surface area contributed by atoms with Crippen molar-refractivity contribution < 1.29 is 19.4 Å². The zero-order valence-corrected chi connectivity index (χ0v) is 15.6. The van der Waals surface area contributed by atoms with Gasteiger partial charge in [-0.2, -0.15) is 0 Å². The number of pyridine rings is 1. The number of nitrogens with zero attached hydrogens (tertiary/aromatic N) is 2. The number of hydrogen-bond acceptors (Lipinski definition) is 5. The Bertz CT molecular complexity index is 748. The van der Waals surface area contributed by atoms with E-state index in [9.17, 15) is 4.79 Å². The van der Waals surface area contributed by atoms with E-state index in [-0.39, 0.29) is 25.2 Å². The molecule has 1 atom stereocenters. The summed E-state index contributed by atoms with van der Waals surface area (Å²) in [5, 5.41) is 9.05. The van der Waals surface area contributed by atoms with Crippen LogP contribution in [0.25, 0.3) is 0 Å². The number of benzene rings is 1. The second-order valence-electron chi connectivity index (χ2n) is 6.66. The molecule has 1 aromatic heterocycles. The molecule has 1 fully saturated rings. The fourth-order valence-corrected chi connectivity index (χ4v) is 3.11. The van der Waals surface area contributed by atoms with E-state index in [2.05, 4.69) is 11.9 Å². The Hall–Kier alpha value is -2.60. The molecular weight excluding hydrogens is 344 g/mol. The molecule has 1 amide bonds. The standard InChI is InChI=1S/C21H26N2O4/c1-2-4-19-20(5-3-11-22-19)27-18-10-12-23(13-18)21(25)15-26-17-8-6-16(14-24)7-9-17/h3,5-9,11,18,24H,2,4,10,12-15H2,1H3. The number of likely N-dealkylation sites (tertiary alicyclic amines) is 1. The summed E-state index contributed by atoms with van der Waals surface area (Å²) in [6, 6.07) is 10.9. The summed E-state index contributed by atoms with van der Waals surface area (Å²) in [6.07, 6.45) is 4.47. The molecule has 3 rings (SSSR count). The van der Waals surface area contributed by atoms with Crippen molar-refractivity contribution in [1.29, 1.82) is 0 Å². The van der Waals surface area contributed by atoms with Gasteiger partial charge >= 0.3 is 0 Å². The summed E-state index contributed by atoms with van der Waals surface area (Å²) < 4.78 is 11.7. The van der Waals surface area contributed by atoms with Crippen LogP contribution in [-0.4, -0.2) is 46.7 Å². The van der Waals surface area contributed by atoms with Crippen LogP contribution < -0.4 is 9.47 Å². The minimum Gasteiger partial charge on any atom is -0.487 e. The summed E-state index contributed by atoms with van der Waals surface area (Å²) in [6.45, 7) is 3.34. The minimum atomic E-state index is -0.0488. The van der Waals surface area contributed by atoms with E-state index < -0.39 is 0 Å². The highest BCUT2D eigenvalue weighted by atomic mass is 16.5. The van der Waals surface area contributed by atoms with Gasteiger partial charge in [0.2, 0.25) is 0 Å². The summed E-state index contributed by atoms with van der Waals surface area (Å²) in [7, 11) is 0. The lowest BCUT2D eigenvalue weighted by molar-refractivity contribution is -0.132. The molecule has 2 heterocycles. The lowest BCUT2D eigenvalue weighted by Gasteiger charge is -2.18. The van der Waals surface area contributed by atoms with Gasteiger partial charge in [-0.15, -0.1) is 0 Å². The highest BCUT2D eigenvalue weighted by Gasteiger charge is 2.28. The molecule has 6 nitrogen and oxygen atoms in total. The van der Waals surface area contributed by atoms with E-state index in [1.54, 1.807) is 35.4 Å². The first-order valence-corrected chi connectivity index (χ1v) is 9.40. The van der Waals surface area contributed by atoms with Crippen LogP contribution in [0.5, 0.6) is 11.5 Å². The van der Waals surface area contributed by atoms with Crippen LogP contribution in [0.1, 0.15) is 31.0 Å². The van der Waals surface area contributed by atoms with Crippen LogP contribution in [0, 0.1) is 0 Å². The molecule has 1 aliphatic heterocycles. The Morgan fingerprint density at radius 1 is 1.30 bits per heavy atom. The maximum atomic E-state index is 12.4. The lowest BCUT2D eigenvalue weighted by Crippen LogP contribution is -2.34. The van der Waals surface area contributed by atoms with Crippen molar-refractivity contribution in [3.05, 3.63) is 53.9 Å². The van der Waals surface area contributed by atoms with E-state index in [1.165, 1.54) is 0 Å². The molecule has 6 heteroatoms. The van der Waals surface area contributed by atoms with Gasteiger partial charge in [-0.3, -0.25) is 9.78 Å². The van der Waals surface area contributed by atoms with Crippen LogP contribution in [0.2, 0.25) is 0 Å². The van der Waals surface area contributed by atoms with E-state index in [0.717, 1.165) is 36.3 Å². The first-order valence-electron chi connectivity index (χ1n) is 9.40. The quantitative estimate of drug-likeness (QED) is 0.773. The van der Waals surface area contributed by atoms with Crippen LogP contribution >= 0.6 is 0 Å². The highest BCUT2D eigenvalue weighted by Crippen LogP contribution is 2.22. The minimum absolute atomic E-state index is 0.000824. The number of aryl methyl sites for hydroxylation is 1. The number of rotatable bonds is 8. The number of aromatic nitrogens is 1. The molecule has 1 N–H and O–H groups in total. The van der Waals surface area contributed by atoms with Gasteiger partial charge < -0.3 is 19.5 Å². The van der Waals surface area contributed by atoms with Crippen LogP contribution in [0.3, 0.4) is 0 Å². The normalized spacial score (nSPS) is 16.4. The molecule has 1 saturated heterocycles. The van der Waals surface area contributed by atoms with Crippen LogP contribution in [0.15, 0.2) is 42.6 Å². The van der Waals surface area contributed by atoms with Crippen molar-refractivity contribution in [2.75, 3.05) is 19.7 Å². The van der Waals surface area contributed by atoms with Crippen molar-refractivity contribution >= 4 is 5.91 Å². The van der Waals surface area contributed by atoms with E-state index in [1.807, 2.05) is 12.1 Å². The molecule has 27 heavy (non-hydrogen) atoms. The molecule has 0 aliphatic carbocycles.